The van der Waals surface area contributed by atoms with E-state index in [1.54, 1.807) is 0 Å². The first kappa shape index (κ1) is 19.9. The predicted molar refractivity (Wildman–Crippen MR) is 112 cm³/mol. The van der Waals surface area contributed by atoms with Crippen LogP contribution in [0.4, 0.5) is 0 Å². The minimum Gasteiger partial charge on any atom is -0.349 e. The largest absolute Gasteiger partial charge is 0.349 e. The van der Waals surface area contributed by atoms with Crippen molar-refractivity contribution in [3.8, 4) is 0 Å². The highest BCUT2D eigenvalue weighted by Crippen LogP contribution is 2.23. The molecule has 1 aliphatic heterocycles. The summed E-state index contributed by atoms with van der Waals surface area (Å²) in [5.74, 6) is 0.199. The molecule has 2 atom stereocenters. The number of rotatable bonds is 6. The van der Waals surface area contributed by atoms with Gasteiger partial charge in [-0.15, -0.1) is 0 Å². The summed E-state index contributed by atoms with van der Waals surface area (Å²) in [5, 5.41) is 4.01. The molecule has 1 aliphatic rings. The van der Waals surface area contributed by atoms with Crippen molar-refractivity contribution in [2.24, 2.45) is 5.92 Å². The summed E-state index contributed by atoms with van der Waals surface area (Å²) in [6, 6.07) is 16.5. The van der Waals surface area contributed by atoms with Gasteiger partial charge in [-0.25, -0.2) is 0 Å². The number of carbonyl (C=O) groups excluding carboxylic acids is 1. The molecule has 144 valence electrons. The Morgan fingerprint density at radius 1 is 1.22 bits per heavy atom. The number of benzene rings is 2. The molecule has 0 bridgehead atoms. The van der Waals surface area contributed by atoms with Crippen LogP contribution in [0.3, 0.4) is 0 Å². The molecule has 1 fully saturated rings. The van der Waals surface area contributed by atoms with E-state index in [9.17, 15) is 4.79 Å². The molecule has 0 aromatic heterocycles. The zero-order valence-electron chi connectivity index (χ0n) is 16.2. The summed E-state index contributed by atoms with van der Waals surface area (Å²) in [6.07, 6.45) is 3.03. The maximum absolute atomic E-state index is 12.8. The van der Waals surface area contributed by atoms with Gasteiger partial charge >= 0.3 is 0 Å². The van der Waals surface area contributed by atoms with E-state index < -0.39 is 0 Å². The normalized spacial score (nSPS) is 18.9. The van der Waals surface area contributed by atoms with E-state index in [-0.39, 0.29) is 17.9 Å². The molecule has 1 saturated heterocycles. The number of amides is 1. The molecule has 1 amide bonds. The van der Waals surface area contributed by atoms with Crippen LogP contribution in [0.2, 0.25) is 5.02 Å². The summed E-state index contributed by atoms with van der Waals surface area (Å²) in [7, 11) is 0. The Bertz CT molecular complexity index is 759. The average Bonchev–Trinajstić information content (AvgIpc) is 2.70. The van der Waals surface area contributed by atoms with Gasteiger partial charge in [0.25, 0.3) is 0 Å². The summed E-state index contributed by atoms with van der Waals surface area (Å²) < 4.78 is 0. The first-order valence-electron chi connectivity index (χ1n) is 9.91. The fourth-order valence-electron chi connectivity index (χ4n) is 3.74. The third kappa shape index (κ3) is 5.33. The van der Waals surface area contributed by atoms with Crippen molar-refractivity contribution in [3.63, 3.8) is 0 Å². The minimum atomic E-state index is 0.0300. The summed E-state index contributed by atoms with van der Waals surface area (Å²) in [4.78, 5) is 15.1. The molecule has 3 nitrogen and oxygen atoms in total. The van der Waals surface area contributed by atoms with Crippen molar-refractivity contribution >= 4 is 17.5 Å². The second kappa shape index (κ2) is 9.38. The Hall–Kier alpha value is -1.84. The van der Waals surface area contributed by atoms with Crippen molar-refractivity contribution in [1.82, 2.24) is 10.2 Å². The van der Waals surface area contributed by atoms with Crippen LogP contribution >= 0.6 is 11.6 Å². The number of carbonyl (C=O) groups is 1. The van der Waals surface area contributed by atoms with Crippen LogP contribution in [0.5, 0.6) is 0 Å². The molecule has 2 aromatic rings. The minimum absolute atomic E-state index is 0.0300. The smallest absolute Gasteiger partial charge is 0.224 e. The van der Waals surface area contributed by atoms with E-state index in [1.807, 2.05) is 18.2 Å². The Kier molecular flexibility index (Phi) is 6.92. The molecule has 3 rings (SSSR count). The lowest BCUT2D eigenvalue weighted by Crippen LogP contribution is -2.43. The molecule has 1 N–H and O–H groups in total. The van der Waals surface area contributed by atoms with Crippen LogP contribution in [-0.4, -0.2) is 23.9 Å². The topological polar surface area (TPSA) is 32.3 Å². The van der Waals surface area contributed by atoms with Gasteiger partial charge in [-0.05, 0) is 55.5 Å². The average molecular weight is 385 g/mol. The lowest BCUT2D eigenvalue weighted by molar-refractivity contribution is -0.127. The van der Waals surface area contributed by atoms with Crippen LogP contribution in [0, 0.1) is 5.92 Å². The van der Waals surface area contributed by atoms with E-state index >= 15 is 0 Å². The number of nitrogens with zero attached hydrogens (tertiary/aromatic N) is 1. The van der Waals surface area contributed by atoms with E-state index in [0.29, 0.717) is 0 Å². The fourth-order valence-corrected chi connectivity index (χ4v) is 3.93. The van der Waals surface area contributed by atoms with Crippen molar-refractivity contribution in [3.05, 3.63) is 70.2 Å². The number of nitrogens with one attached hydrogen (secondary N) is 1. The summed E-state index contributed by atoms with van der Waals surface area (Å²) in [6.45, 7) is 6.82. The zero-order valence-corrected chi connectivity index (χ0v) is 17.0. The lowest BCUT2D eigenvalue weighted by atomic mass is 9.95. The van der Waals surface area contributed by atoms with Crippen LogP contribution in [0.15, 0.2) is 48.5 Å². The number of piperidine rings is 1. The Labute approximate surface area is 167 Å². The molecular formula is C23H29ClN2O. The van der Waals surface area contributed by atoms with Crippen LogP contribution in [-0.2, 0) is 17.8 Å². The Balaban J connectivity index is 1.56. The van der Waals surface area contributed by atoms with Crippen molar-refractivity contribution in [2.75, 3.05) is 13.1 Å². The van der Waals surface area contributed by atoms with Crippen LogP contribution in [0.25, 0.3) is 0 Å². The second-order valence-corrected chi connectivity index (χ2v) is 7.90. The maximum atomic E-state index is 12.8. The van der Waals surface area contributed by atoms with Gasteiger partial charge in [0.1, 0.15) is 0 Å². The first-order valence-corrected chi connectivity index (χ1v) is 10.3. The van der Waals surface area contributed by atoms with Gasteiger partial charge in [-0.3, -0.25) is 9.69 Å². The standard InChI is InChI=1S/C23H29ClN2O/c1-3-18-10-12-19(13-11-18)17(2)25-23(27)21-8-6-14-26(16-21)15-20-7-4-5-9-22(20)24/h4-5,7,9-13,17,21H,3,6,8,14-16H2,1-2H3,(H,25,27). The summed E-state index contributed by atoms with van der Waals surface area (Å²) in [5.41, 5.74) is 3.61. The first-order chi connectivity index (χ1) is 13.1. The number of aryl methyl sites for hydroxylation is 1. The third-order valence-corrected chi connectivity index (χ3v) is 5.84. The van der Waals surface area contributed by atoms with E-state index in [0.717, 1.165) is 55.0 Å². The van der Waals surface area contributed by atoms with E-state index in [4.69, 9.17) is 11.6 Å². The molecule has 0 aliphatic carbocycles. The zero-order chi connectivity index (χ0) is 19.2. The quantitative estimate of drug-likeness (QED) is 0.760. The van der Waals surface area contributed by atoms with Gasteiger partial charge in [0.2, 0.25) is 5.91 Å². The highest BCUT2D eigenvalue weighted by molar-refractivity contribution is 6.31. The number of halogens is 1. The molecule has 0 radical (unpaired) electrons. The van der Waals surface area contributed by atoms with Gasteiger partial charge in [0, 0.05) is 18.1 Å². The van der Waals surface area contributed by atoms with Gasteiger partial charge in [-0.1, -0.05) is 61.0 Å². The SMILES string of the molecule is CCc1ccc(C(C)NC(=O)C2CCCN(Cc3ccccc3Cl)C2)cc1. The predicted octanol–water partition coefficient (Wildman–Crippen LogP) is 4.99. The molecule has 27 heavy (non-hydrogen) atoms. The Morgan fingerprint density at radius 3 is 2.67 bits per heavy atom. The van der Waals surface area contributed by atoms with Crippen LogP contribution in [0.1, 0.15) is 49.4 Å². The maximum Gasteiger partial charge on any atom is 0.224 e. The molecule has 1 heterocycles. The van der Waals surface area contributed by atoms with Crippen molar-refractivity contribution < 1.29 is 4.79 Å². The summed E-state index contributed by atoms with van der Waals surface area (Å²) >= 11 is 6.29. The van der Waals surface area contributed by atoms with Crippen molar-refractivity contribution in [2.45, 2.75) is 45.7 Å². The second-order valence-electron chi connectivity index (χ2n) is 7.49. The molecule has 0 spiro atoms. The van der Waals surface area contributed by atoms with Gasteiger partial charge in [-0.2, -0.15) is 0 Å². The fraction of sp³-hybridized carbons (Fsp3) is 0.435. The molecule has 4 heteroatoms. The highest BCUT2D eigenvalue weighted by Gasteiger charge is 2.27. The number of hydrogen-bond donors (Lipinski definition) is 1. The number of hydrogen-bond acceptors (Lipinski definition) is 2. The van der Waals surface area contributed by atoms with Gasteiger partial charge in [0.15, 0.2) is 0 Å². The van der Waals surface area contributed by atoms with E-state index in [2.05, 4.69) is 54.4 Å². The molecular weight excluding hydrogens is 356 g/mol. The van der Waals surface area contributed by atoms with Crippen molar-refractivity contribution in [1.29, 1.82) is 0 Å². The third-order valence-electron chi connectivity index (χ3n) is 5.47. The Morgan fingerprint density at radius 2 is 1.96 bits per heavy atom. The van der Waals surface area contributed by atoms with Gasteiger partial charge in [0.05, 0.1) is 12.0 Å². The lowest BCUT2D eigenvalue weighted by Gasteiger charge is -2.32. The van der Waals surface area contributed by atoms with Gasteiger partial charge < -0.3 is 5.32 Å². The molecule has 0 saturated carbocycles. The number of likely N-dealkylation sites (tertiary alicyclic amines) is 1. The molecule has 2 unspecified atom stereocenters. The monoisotopic (exact) mass is 384 g/mol. The van der Waals surface area contributed by atoms with Crippen LogP contribution < -0.4 is 5.32 Å². The van der Waals surface area contributed by atoms with E-state index in [1.165, 1.54) is 5.56 Å². The highest BCUT2D eigenvalue weighted by atomic mass is 35.5. The molecule has 2 aromatic carbocycles.